The van der Waals surface area contributed by atoms with Crippen LogP contribution in [0.15, 0.2) is 24.3 Å². The highest BCUT2D eigenvalue weighted by molar-refractivity contribution is 5.70. The molecular weight excluding hydrogens is 249 g/mol. The van der Waals surface area contributed by atoms with E-state index in [1.807, 2.05) is 0 Å². The number of benzene rings is 1. The first-order valence-electron chi connectivity index (χ1n) is 5.37. The minimum absolute atomic E-state index is 0.0456. The van der Waals surface area contributed by atoms with Crippen molar-refractivity contribution in [3.05, 3.63) is 29.8 Å². The zero-order valence-corrected chi connectivity index (χ0v) is 9.54. The molecule has 0 aliphatic rings. The summed E-state index contributed by atoms with van der Waals surface area (Å²) in [7, 11) is 0. The van der Waals surface area contributed by atoms with Crippen molar-refractivity contribution in [3.63, 3.8) is 0 Å². The van der Waals surface area contributed by atoms with Crippen molar-refractivity contribution in [3.8, 4) is 5.75 Å². The first kappa shape index (κ1) is 14.3. The van der Waals surface area contributed by atoms with E-state index in [4.69, 9.17) is 9.84 Å². The number of carboxylic acids is 1. The molecule has 0 saturated heterocycles. The van der Waals surface area contributed by atoms with Crippen LogP contribution in [-0.2, 0) is 11.2 Å². The Hall–Kier alpha value is -1.72. The van der Waals surface area contributed by atoms with Crippen molar-refractivity contribution >= 4 is 5.97 Å². The highest BCUT2D eigenvalue weighted by Gasteiger charge is 2.26. The summed E-state index contributed by atoms with van der Waals surface area (Å²) in [5.74, 6) is -0.583. The summed E-state index contributed by atoms with van der Waals surface area (Å²) in [6.07, 6.45) is -5.32. The molecule has 0 aromatic heterocycles. The maximum atomic E-state index is 11.9. The Labute approximate surface area is 102 Å². The number of carbonyl (C=O) groups is 1. The minimum atomic E-state index is -4.17. The molecule has 0 spiro atoms. The first-order valence-corrected chi connectivity index (χ1v) is 5.37. The van der Waals surface area contributed by atoms with Crippen molar-refractivity contribution < 1.29 is 27.8 Å². The molecule has 100 valence electrons. The molecule has 0 aliphatic heterocycles. The zero-order valence-electron chi connectivity index (χ0n) is 9.54. The van der Waals surface area contributed by atoms with Gasteiger partial charge in [0, 0.05) is 6.42 Å². The second-order valence-corrected chi connectivity index (χ2v) is 3.79. The largest absolute Gasteiger partial charge is 0.494 e. The van der Waals surface area contributed by atoms with E-state index in [0.717, 1.165) is 0 Å². The highest BCUT2D eigenvalue weighted by atomic mass is 19.4. The van der Waals surface area contributed by atoms with E-state index in [0.29, 0.717) is 11.3 Å². The summed E-state index contributed by atoms with van der Waals surface area (Å²) in [4.78, 5) is 10.5. The Balaban J connectivity index is 2.40. The molecule has 3 nitrogen and oxygen atoms in total. The van der Waals surface area contributed by atoms with Crippen LogP contribution < -0.4 is 4.74 Å². The van der Waals surface area contributed by atoms with Gasteiger partial charge in [0.2, 0.25) is 0 Å². The fraction of sp³-hybridized carbons (Fsp3) is 0.417. The van der Waals surface area contributed by atoms with E-state index >= 15 is 0 Å². The van der Waals surface area contributed by atoms with Crippen LogP contribution in [0.25, 0.3) is 0 Å². The third-order valence-electron chi connectivity index (χ3n) is 2.13. The van der Waals surface area contributed by atoms with Crippen LogP contribution >= 0.6 is 0 Å². The van der Waals surface area contributed by atoms with Gasteiger partial charge in [0.05, 0.1) is 13.0 Å². The molecule has 0 heterocycles. The molecule has 0 unspecified atom stereocenters. The lowest BCUT2D eigenvalue weighted by atomic mass is 10.1. The summed E-state index contributed by atoms with van der Waals surface area (Å²) in [6.45, 7) is -0.0456. The standard InChI is InChI=1S/C12H13F3O3/c13-12(14,15)5-2-6-18-10-4-1-3-9(7-10)8-11(16)17/h1,3-4,7H,2,5-6,8H2,(H,16,17). The molecular formula is C12H13F3O3. The van der Waals surface area contributed by atoms with Crippen molar-refractivity contribution in [1.82, 2.24) is 0 Å². The SMILES string of the molecule is O=C(O)Cc1cccc(OCCCC(F)(F)F)c1. The molecule has 1 rings (SSSR count). The molecule has 0 amide bonds. The van der Waals surface area contributed by atoms with Gasteiger partial charge in [-0.15, -0.1) is 0 Å². The van der Waals surface area contributed by atoms with Gasteiger partial charge in [-0.2, -0.15) is 13.2 Å². The predicted molar refractivity (Wildman–Crippen MR) is 58.6 cm³/mol. The number of carboxylic acid groups (broad SMARTS) is 1. The predicted octanol–water partition coefficient (Wildman–Crippen LogP) is 3.04. The Kier molecular flexibility index (Phi) is 5.00. The smallest absolute Gasteiger partial charge is 0.389 e. The molecule has 0 fully saturated rings. The molecule has 6 heteroatoms. The van der Waals surface area contributed by atoms with Crippen LogP contribution in [0.3, 0.4) is 0 Å². The summed E-state index contributed by atoms with van der Waals surface area (Å²) in [5.41, 5.74) is 0.552. The number of hydrogen-bond acceptors (Lipinski definition) is 2. The number of halogens is 3. The third kappa shape index (κ3) is 6.12. The van der Waals surface area contributed by atoms with Crippen molar-refractivity contribution in [2.45, 2.75) is 25.4 Å². The van der Waals surface area contributed by atoms with Gasteiger partial charge in [0.15, 0.2) is 0 Å². The Morgan fingerprint density at radius 2 is 2.06 bits per heavy atom. The van der Waals surface area contributed by atoms with Crippen LogP contribution in [0.2, 0.25) is 0 Å². The van der Waals surface area contributed by atoms with Gasteiger partial charge in [-0.05, 0) is 24.1 Å². The molecule has 0 saturated carbocycles. The van der Waals surface area contributed by atoms with E-state index in [1.165, 1.54) is 6.07 Å². The number of ether oxygens (including phenoxy) is 1. The van der Waals surface area contributed by atoms with Crippen LogP contribution in [0.5, 0.6) is 5.75 Å². The Morgan fingerprint density at radius 3 is 2.67 bits per heavy atom. The lowest BCUT2D eigenvalue weighted by Gasteiger charge is -2.09. The van der Waals surface area contributed by atoms with Crippen LogP contribution in [0, 0.1) is 0 Å². The quantitative estimate of drug-likeness (QED) is 0.801. The van der Waals surface area contributed by atoms with Crippen molar-refractivity contribution in [2.75, 3.05) is 6.61 Å². The van der Waals surface area contributed by atoms with Crippen LogP contribution in [0.1, 0.15) is 18.4 Å². The number of hydrogen-bond donors (Lipinski definition) is 1. The van der Waals surface area contributed by atoms with Gasteiger partial charge in [-0.3, -0.25) is 4.79 Å². The van der Waals surface area contributed by atoms with Crippen molar-refractivity contribution in [1.29, 1.82) is 0 Å². The molecule has 1 aromatic rings. The van der Waals surface area contributed by atoms with Crippen LogP contribution in [0.4, 0.5) is 13.2 Å². The molecule has 0 radical (unpaired) electrons. The first-order chi connectivity index (χ1) is 8.37. The minimum Gasteiger partial charge on any atom is -0.494 e. The Bertz CT molecular complexity index is 402. The monoisotopic (exact) mass is 262 g/mol. The summed E-state index contributed by atoms with van der Waals surface area (Å²) >= 11 is 0. The van der Waals surface area contributed by atoms with Gasteiger partial charge in [-0.25, -0.2) is 0 Å². The topological polar surface area (TPSA) is 46.5 Å². The normalized spacial score (nSPS) is 11.3. The summed E-state index contributed by atoms with van der Waals surface area (Å²) < 4.78 is 40.7. The summed E-state index contributed by atoms with van der Waals surface area (Å²) in [6, 6.07) is 6.33. The van der Waals surface area contributed by atoms with E-state index in [2.05, 4.69) is 0 Å². The van der Waals surface area contributed by atoms with E-state index < -0.39 is 18.6 Å². The average Bonchev–Trinajstić information content (AvgIpc) is 2.23. The molecule has 0 bridgehead atoms. The molecule has 18 heavy (non-hydrogen) atoms. The van der Waals surface area contributed by atoms with Gasteiger partial charge in [0.1, 0.15) is 5.75 Å². The summed E-state index contributed by atoms with van der Waals surface area (Å²) in [5, 5.41) is 8.60. The molecule has 0 atom stereocenters. The number of alkyl halides is 3. The van der Waals surface area contributed by atoms with Crippen molar-refractivity contribution in [2.24, 2.45) is 0 Å². The molecule has 1 N–H and O–H groups in total. The second kappa shape index (κ2) is 6.28. The maximum absolute atomic E-state index is 11.9. The highest BCUT2D eigenvalue weighted by Crippen LogP contribution is 2.21. The average molecular weight is 262 g/mol. The molecule has 0 aliphatic carbocycles. The van der Waals surface area contributed by atoms with Gasteiger partial charge < -0.3 is 9.84 Å². The fourth-order valence-electron chi connectivity index (χ4n) is 1.38. The van der Waals surface area contributed by atoms with Gasteiger partial charge in [-0.1, -0.05) is 12.1 Å². The maximum Gasteiger partial charge on any atom is 0.389 e. The fourth-order valence-corrected chi connectivity index (χ4v) is 1.38. The van der Waals surface area contributed by atoms with E-state index in [1.54, 1.807) is 18.2 Å². The third-order valence-corrected chi connectivity index (χ3v) is 2.13. The lowest BCUT2D eigenvalue weighted by molar-refractivity contribution is -0.137. The van der Waals surface area contributed by atoms with E-state index in [9.17, 15) is 18.0 Å². The van der Waals surface area contributed by atoms with Gasteiger partial charge >= 0.3 is 12.1 Å². The Morgan fingerprint density at radius 1 is 1.33 bits per heavy atom. The van der Waals surface area contributed by atoms with Gasteiger partial charge in [0.25, 0.3) is 0 Å². The number of rotatable bonds is 6. The van der Waals surface area contributed by atoms with Crippen LogP contribution in [-0.4, -0.2) is 23.9 Å². The zero-order chi connectivity index (χ0) is 13.6. The molecule has 1 aromatic carbocycles. The number of aliphatic carboxylic acids is 1. The van der Waals surface area contributed by atoms with E-state index in [-0.39, 0.29) is 19.4 Å². The second-order valence-electron chi connectivity index (χ2n) is 3.79. The lowest BCUT2D eigenvalue weighted by Crippen LogP contribution is -2.09.